The van der Waals surface area contributed by atoms with E-state index >= 15 is 0 Å². The van der Waals surface area contributed by atoms with Crippen LogP contribution in [0, 0.1) is 0 Å². The lowest BCUT2D eigenvalue weighted by Gasteiger charge is -2.21. The number of carboxylic acid groups (broad SMARTS) is 1. The SMILES string of the molecule is CCCCN(CCCC)Cc1cccc(C(=O)O)n1. The quantitative estimate of drug-likeness (QED) is 0.744. The number of unbranched alkanes of at least 4 members (excludes halogenated alkanes) is 2. The van der Waals surface area contributed by atoms with Gasteiger partial charge in [-0.05, 0) is 38.1 Å². The van der Waals surface area contributed by atoms with E-state index < -0.39 is 5.97 Å². The monoisotopic (exact) mass is 264 g/mol. The third-order valence-electron chi connectivity index (χ3n) is 3.07. The summed E-state index contributed by atoms with van der Waals surface area (Å²) < 4.78 is 0. The van der Waals surface area contributed by atoms with Gasteiger partial charge in [0.15, 0.2) is 0 Å². The highest BCUT2D eigenvalue weighted by Crippen LogP contribution is 2.07. The standard InChI is InChI=1S/C15H24N2O2/c1-3-5-10-17(11-6-4-2)12-13-8-7-9-14(16-13)15(18)19/h7-9H,3-6,10-12H2,1-2H3,(H,18,19). The molecule has 1 N–H and O–H groups in total. The van der Waals surface area contributed by atoms with Crippen LogP contribution < -0.4 is 0 Å². The molecule has 1 rings (SSSR count). The first kappa shape index (κ1) is 15.6. The van der Waals surface area contributed by atoms with Crippen molar-refractivity contribution < 1.29 is 9.90 Å². The first-order valence-corrected chi connectivity index (χ1v) is 7.09. The number of aromatic nitrogens is 1. The summed E-state index contributed by atoms with van der Waals surface area (Å²) in [6.07, 6.45) is 4.68. The van der Waals surface area contributed by atoms with Gasteiger partial charge in [-0.3, -0.25) is 4.90 Å². The van der Waals surface area contributed by atoms with E-state index in [1.807, 2.05) is 6.07 Å². The molecule has 19 heavy (non-hydrogen) atoms. The molecule has 0 aliphatic rings. The van der Waals surface area contributed by atoms with E-state index in [0.29, 0.717) is 0 Å². The third kappa shape index (κ3) is 5.83. The third-order valence-corrected chi connectivity index (χ3v) is 3.07. The van der Waals surface area contributed by atoms with E-state index in [1.165, 1.54) is 31.7 Å². The van der Waals surface area contributed by atoms with Gasteiger partial charge in [0.2, 0.25) is 0 Å². The maximum Gasteiger partial charge on any atom is 0.354 e. The zero-order valence-corrected chi connectivity index (χ0v) is 11.9. The molecule has 0 amide bonds. The average Bonchev–Trinajstić information content (AvgIpc) is 2.42. The molecule has 106 valence electrons. The molecule has 0 bridgehead atoms. The topological polar surface area (TPSA) is 53.4 Å². The van der Waals surface area contributed by atoms with Crippen LogP contribution in [-0.4, -0.2) is 34.0 Å². The van der Waals surface area contributed by atoms with E-state index in [1.54, 1.807) is 6.07 Å². The number of aromatic carboxylic acids is 1. The molecule has 1 heterocycles. The van der Waals surface area contributed by atoms with Crippen molar-refractivity contribution in [2.24, 2.45) is 0 Å². The van der Waals surface area contributed by atoms with Crippen LogP contribution in [-0.2, 0) is 6.54 Å². The second-order valence-electron chi connectivity index (χ2n) is 4.80. The summed E-state index contributed by atoms with van der Waals surface area (Å²) in [6, 6.07) is 5.20. The molecule has 0 saturated heterocycles. The summed E-state index contributed by atoms with van der Waals surface area (Å²) in [7, 11) is 0. The number of hydrogen-bond acceptors (Lipinski definition) is 3. The fraction of sp³-hybridized carbons (Fsp3) is 0.600. The Hall–Kier alpha value is -1.42. The maximum absolute atomic E-state index is 10.9. The highest BCUT2D eigenvalue weighted by Gasteiger charge is 2.09. The highest BCUT2D eigenvalue weighted by atomic mass is 16.4. The minimum Gasteiger partial charge on any atom is -0.477 e. The van der Waals surface area contributed by atoms with Crippen LogP contribution in [0.25, 0.3) is 0 Å². The zero-order chi connectivity index (χ0) is 14.1. The molecular formula is C15H24N2O2. The normalized spacial score (nSPS) is 10.9. The van der Waals surface area contributed by atoms with Crippen LogP contribution in [0.1, 0.15) is 55.7 Å². The Morgan fingerprint density at radius 3 is 2.37 bits per heavy atom. The molecule has 0 aliphatic carbocycles. The van der Waals surface area contributed by atoms with Crippen LogP contribution in [0.3, 0.4) is 0 Å². The lowest BCUT2D eigenvalue weighted by molar-refractivity contribution is 0.0690. The van der Waals surface area contributed by atoms with Crippen molar-refractivity contribution in [2.75, 3.05) is 13.1 Å². The molecule has 4 heteroatoms. The fourth-order valence-electron chi connectivity index (χ4n) is 1.95. The smallest absolute Gasteiger partial charge is 0.354 e. The van der Waals surface area contributed by atoms with Crippen LogP contribution in [0.4, 0.5) is 0 Å². The van der Waals surface area contributed by atoms with E-state index in [0.717, 1.165) is 25.3 Å². The molecule has 0 atom stereocenters. The molecule has 0 spiro atoms. The van der Waals surface area contributed by atoms with Gasteiger partial charge in [-0.2, -0.15) is 0 Å². The first-order valence-electron chi connectivity index (χ1n) is 7.09. The minimum absolute atomic E-state index is 0.128. The Balaban J connectivity index is 2.65. The largest absolute Gasteiger partial charge is 0.477 e. The number of carboxylic acids is 1. The Kier molecular flexibility index (Phi) is 7.11. The highest BCUT2D eigenvalue weighted by molar-refractivity contribution is 5.85. The predicted molar refractivity (Wildman–Crippen MR) is 76.3 cm³/mol. The van der Waals surface area contributed by atoms with Crippen molar-refractivity contribution in [3.8, 4) is 0 Å². The van der Waals surface area contributed by atoms with Crippen LogP contribution in [0.5, 0.6) is 0 Å². The molecule has 0 fully saturated rings. The van der Waals surface area contributed by atoms with Gasteiger partial charge in [-0.15, -0.1) is 0 Å². The molecule has 1 aromatic heterocycles. The molecule has 1 aromatic rings. The molecule has 0 aliphatic heterocycles. The number of carbonyl (C=O) groups is 1. The summed E-state index contributed by atoms with van der Waals surface area (Å²) in [5.74, 6) is -0.962. The second-order valence-corrected chi connectivity index (χ2v) is 4.80. The van der Waals surface area contributed by atoms with Gasteiger partial charge in [0.25, 0.3) is 0 Å². The molecule has 0 radical (unpaired) electrons. The van der Waals surface area contributed by atoms with Crippen LogP contribution in [0.2, 0.25) is 0 Å². The molecule has 0 aromatic carbocycles. The van der Waals surface area contributed by atoms with E-state index in [9.17, 15) is 4.79 Å². The van der Waals surface area contributed by atoms with E-state index in [4.69, 9.17) is 5.11 Å². The zero-order valence-electron chi connectivity index (χ0n) is 11.9. The summed E-state index contributed by atoms with van der Waals surface area (Å²) in [5.41, 5.74) is 0.968. The number of nitrogens with zero attached hydrogens (tertiary/aromatic N) is 2. The Bertz CT molecular complexity index is 385. The van der Waals surface area contributed by atoms with Crippen molar-refractivity contribution in [1.82, 2.24) is 9.88 Å². The van der Waals surface area contributed by atoms with Crippen molar-refractivity contribution in [1.29, 1.82) is 0 Å². The van der Waals surface area contributed by atoms with E-state index in [-0.39, 0.29) is 5.69 Å². The van der Waals surface area contributed by atoms with Crippen molar-refractivity contribution in [2.45, 2.75) is 46.1 Å². The summed E-state index contributed by atoms with van der Waals surface area (Å²) in [5, 5.41) is 8.95. The van der Waals surface area contributed by atoms with Gasteiger partial charge < -0.3 is 5.11 Å². The number of pyridine rings is 1. The first-order chi connectivity index (χ1) is 9.17. The minimum atomic E-state index is -0.962. The van der Waals surface area contributed by atoms with E-state index in [2.05, 4.69) is 23.7 Å². The molecule has 0 unspecified atom stereocenters. The summed E-state index contributed by atoms with van der Waals surface area (Å²) in [6.45, 7) is 7.20. The summed E-state index contributed by atoms with van der Waals surface area (Å²) >= 11 is 0. The average molecular weight is 264 g/mol. The molecule has 4 nitrogen and oxygen atoms in total. The van der Waals surface area contributed by atoms with Crippen LogP contribution in [0.15, 0.2) is 18.2 Å². The maximum atomic E-state index is 10.9. The fourth-order valence-corrected chi connectivity index (χ4v) is 1.95. The number of hydrogen-bond donors (Lipinski definition) is 1. The lowest BCUT2D eigenvalue weighted by Crippen LogP contribution is -2.26. The Morgan fingerprint density at radius 1 is 1.21 bits per heavy atom. The van der Waals surface area contributed by atoms with Crippen LogP contribution >= 0.6 is 0 Å². The predicted octanol–water partition coefficient (Wildman–Crippen LogP) is 3.18. The van der Waals surface area contributed by atoms with Gasteiger partial charge in [0.1, 0.15) is 5.69 Å². The van der Waals surface area contributed by atoms with Gasteiger partial charge in [0.05, 0.1) is 5.69 Å². The molecule has 0 saturated carbocycles. The second kappa shape index (κ2) is 8.64. The Morgan fingerprint density at radius 2 is 1.84 bits per heavy atom. The van der Waals surface area contributed by atoms with Gasteiger partial charge in [-0.1, -0.05) is 32.8 Å². The number of rotatable bonds is 9. The van der Waals surface area contributed by atoms with Crippen molar-refractivity contribution in [3.63, 3.8) is 0 Å². The van der Waals surface area contributed by atoms with Crippen molar-refractivity contribution in [3.05, 3.63) is 29.6 Å². The van der Waals surface area contributed by atoms with Gasteiger partial charge >= 0.3 is 5.97 Å². The van der Waals surface area contributed by atoms with Gasteiger partial charge in [0, 0.05) is 6.54 Å². The van der Waals surface area contributed by atoms with Gasteiger partial charge in [-0.25, -0.2) is 9.78 Å². The summed E-state index contributed by atoms with van der Waals surface area (Å²) in [4.78, 5) is 17.5. The lowest BCUT2D eigenvalue weighted by atomic mass is 10.2. The Labute approximate surface area is 115 Å². The van der Waals surface area contributed by atoms with Crippen molar-refractivity contribution >= 4 is 5.97 Å². The molecular weight excluding hydrogens is 240 g/mol.